The summed E-state index contributed by atoms with van der Waals surface area (Å²) in [6, 6.07) is 0. The molecular weight excluding hydrogens is 400 g/mol. The van der Waals surface area contributed by atoms with Crippen molar-refractivity contribution >= 4 is 31.3 Å². The number of carbonyl (C=O) groups excluding carboxylic acids is 1. The fraction of sp³-hybridized carbons (Fsp3) is 0.571. The number of nitrogens with zero attached hydrogens (tertiary/aromatic N) is 3. The molecule has 0 aliphatic carbocycles. The molecule has 1 amide bonds. The van der Waals surface area contributed by atoms with Gasteiger partial charge in [0.1, 0.15) is 6.10 Å². The fourth-order valence-electron chi connectivity index (χ4n) is 2.73. The summed E-state index contributed by atoms with van der Waals surface area (Å²) < 4.78 is 36.8. The van der Waals surface area contributed by atoms with Crippen LogP contribution in [-0.4, -0.2) is 60.4 Å². The molecule has 12 nitrogen and oxygen atoms in total. The maximum absolute atomic E-state index is 14.8. The summed E-state index contributed by atoms with van der Waals surface area (Å²) in [7, 11) is -3.13. The highest BCUT2D eigenvalue weighted by Gasteiger charge is 2.51. The number of hydrogen-bond acceptors (Lipinski definition) is 8. The van der Waals surface area contributed by atoms with Gasteiger partial charge in [0, 0.05) is 10.5 Å². The van der Waals surface area contributed by atoms with Crippen molar-refractivity contribution in [2.75, 3.05) is 11.9 Å². The Kier molecular flexibility index (Phi) is 5.82. The summed E-state index contributed by atoms with van der Waals surface area (Å²) in [6.07, 6.45) is -5.01. The quantitative estimate of drug-likeness (QED) is 0.471. The topological polar surface area (TPSA) is 169 Å². The number of H-pyrrole nitrogens is 1. The van der Waals surface area contributed by atoms with Crippen LogP contribution < -0.4 is 10.9 Å². The van der Waals surface area contributed by atoms with Crippen LogP contribution in [0.25, 0.3) is 11.2 Å². The lowest BCUT2D eigenvalue weighted by Gasteiger charge is -2.15. The van der Waals surface area contributed by atoms with Crippen LogP contribution in [0.1, 0.15) is 20.1 Å². The number of ether oxygens (including phenoxy) is 1. The van der Waals surface area contributed by atoms with E-state index in [4.69, 9.17) is 9.63 Å². The van der Waals surface area contributed by atoms with Gasteiger partial charge in [0.2, 0.25) is 11.9 Å². The third kappa shape index (κ3) is 3.80. The SMILES string of the molecule is CC(C)C(=O)Nc1nc2c(ncn2[C@@H]2O[C@H](CO)[C@@H](O[P+](=O)O)[C@H]2F)c(=O)[nH]1. The molecule has 1 aliphatic heterocycles. The molecule has 2 aromatic rings. The van der Waals surface area contributed by atoms with E-state index in [1.807, 2.05) is 0 Å². The summed E-state index contributed by atoms with van der Waals surface area (Å²) in [5.74, 6) is -0.922. The number of carbonyl (C=O) groups is 1. The van der Waals surface area contributed by atoms with Gasteiger partial charge in [0.05, 0.1) is 12.9 Å². The number of amides is 1. The molecule has 1 unspecified atom stereocenters. The van der Waals surface area contributed by atoms with Crippen LogP contribution in [0.4, 0.5) is 10.3 Å². The lowest BCUT2D eigenvalue weighted by atomic mass is 10.1. The first-order valence-corrected chi connectivity index (χ1v) is 9.37. The van der Waals surface area contributed by atoms with Crippen molar-refractivity contribution < 1.29 is 33.0 Å². The zero-order chi connectivity index (χ0) is 20.6. The molecule has 2 aromatic heterocycles. The van der Waals surface area contributed by atoms with Gasteiger partial charge in [-0.15, -0.1) is 9.42 Å². The highest BCUT2D eigenvalue weighted by atomic mass is 31.1. The van der Waals surface area contributed by atoms with Gasteiger partial charge in [-0.1, -0.05) is 13.8 Å². The van der Waals surface area contributed by atoms with Crippen LogP contribution in [0.5, 0.6) is 0 Å². The normalized spacial score (nSPS) is 25.4. The van der Waals surface area contributed by atoms with Crippen LogP contribution in [0, 0.1) is 5.92 Å². The highest BCUT2D eigenvalue weighted by molar-refractivity contribution is 7.32. The first-order valence-electron chi connectivity index (χ1n) is 8.24. The Morgan fingerprint density at radius 3 is 2.89 bits per heavy atom. The average molecular weight is 418 g/mol. The molecule has 0 radical (unpaired) electrons. The van der Waals surface area contributed by atoms with Crippen molar-refractivity contribution in [1.82, 2.24) is 19.5 Å². The van der Waals surface area contributed by atoms with Gasteiger partial charge in [0.25, 0.3) is 5.56 Å². The molecule has 1 fully saturated rings. The van der Waals surface area contributed by atoms with E-state index in [2.05, 4.69) is 24.8 Å². The number of alkyl halides is 1. The number of anilines is 1. The van der Waals surface area contributed by atoms with Crippen molar-refractivity contribution in [1.29, 1.82) is 0 Å². The third-order valence-corrected chi connectivity index (χ3v) is 4.55. The fourth-order valence-corrected chi connectivity index (χ4v) is 3.19. The van der Waals surface area contributed by atoms with E-state index in [0.29, 0.717) is 0 Å². The smallest absolute Gasteiger partial charge is 0.394 e. The predicted molar refractivity (Wildman–Crippen MR) is 92.2 cm³/mol. The van der Waals surface area contributed by atoms with E-state index in [0.717, 1.165) is 10.9 Å². The minimum absolute atomic E-state index is 0.0822. The van der Waals surface area contributed by atoms with Crippen LogP contribution in [0.3, 0.4) is 0 Å². The molecule has 28 heavy (non-hydrogen) atoms. The first-order chi connectivity index (χ1) is 13.2. The summed E-state index contributed by atoms with van der Waals surface area (Å²) in [5.41, 5.74) is -0.876. The Balaban J connectivity index is 1.99. The lowest BCUT2D eigenvalue weighted by Crippen LogP contribution is -2.32. The number of aromatic nitrogens is 4. The van der Waals surface area contributed by atoms with Crippen LogP contribution in [0.15, 0.2) is 11.1 Å². The number of fused-ring (bicyclic) bond motifs is 1. The summed E-state index contributed by atoms with van der Waals surface area (Å²) >= 11 is 0. The van der Waals surface area contributed by atoms with Crippen LogP contribution in [0.2, 0.25) is 0 Å². The van der Waals surface area contributed by atoms with E-state index >= 15 is 0 Å². The number of aromatic amines is 1. The number of halogens is 1. The van der Waals surface area contributed by atoms with Gasteiger partial charge in [-0.25, -0.2) is 9.37 Å². The lowest BCUT2D eigenvalue weighted by molar-refractivity contribution is -0.118. The van der Waals surface area contributed by atoms with Crippen molar-refractivity contribution in [3.63, 3.8) is 0 Å². The van der Waals surface area contributed by atoms with Gasteiger partial charge in [-0.05, 0) is 0 Å². The number of hydrogen-bond donors (Lipinski definition) is 4. The Bertz CT molecular complexity index is 963. The molecule has 4 N–H and O–H groups in total. The zero-order valence-corrected chi connectivity index (χ0v) is 15.7. The van der Waals surface area contributed by atoms with Crippen molar-refractivity contribution in [2.24, 2.45) is 5.92 Å². The number of aliphatic hydroxyl groups is 1. The Hall–Kier alpha value is -2.31. The Morgan fingerprint density at radius 1 is 1.57 bits per heavy atom. The monoisotopic (exact) mass is 418 g/mol. The Morgan fingerprint density at radius 2 is 2.29 bits per heavy atom. The molecule has 3 heterocycles. The molecular formula is C14H18FN5O7P+. The number of rotatable bonds is 6. The minimum atomic E-state index is -3.13. The van der Waals surface area contributed by atoms with Crippen molar-refractivity contribution in [3.05, 3.63) is 16.7 Å². The minimum Gasteiger partial charge on any atom is -0.394 e. The average Bonchev–Trinajstić information content (AvgIpc) is 3.16. The van der Waals surface area contributed by atoms with E-state index < -0.39 is 50.9 Å². The van der Waals surface area contributed by atoms with E-state index in [1.165, 1.54) is 0 Å². The van der Waals surface area contributed by atoms with E-state index in [9.17, 15) is 23.7 Å². The van der Waals surface area contributed by atoms with Gasteiger partial charge in [-0.3, -0.25) is 24.5 Å². The van der Waals surface area contributed by atoms with Crippen LogP contribution >= 0.6 is 8.25 Å². The Labute approximate surface area is 157 Å². The molecule has 0 aromatic carbocycles. The van der Waals surface area contributed by atoms with Crippen LogP contribution in [-0.2, 0) is 18.6 Å². The van der Waals surface area contributed by atoms with Gasteiger partial charge in [-0.2, -0.15) is 4.98 Å². The molecule has 0 bridgehead atoms. The van der Waals surface area contributed by atoms with Crippen molar-refractivity contribution in [2.45, 2.75) is 38.5 Å². The molecule has 0 saturated carbocycles. The molecule has 14 heteroatoms. The number of aliphatic hydroxyl groups excluding tert-OH is 1. The summed E-state index contributed by atoms with van der Waals surface area (Å²) in [6.45, 7) is 2.63. The highest BCUT2D eigenvalue weighted by Crippen LogP contribution is 2.38. The molecule has 0 spiro atoms. The second-order valence-electron chi connectivity index (χ2n) is 6.38. The largest absolute Gasteiger partial charge is 0.695 e. The molecule has 152 valence electrons. The molecule has 1 saturated heterocycles. The van der Waals surface area contributed by atoms with E-state index in [-0.39, 0.29) is 23.0 Å². The number of imidazole rings is 1. The van der Waals surface area contributed by atoms with Gasteiger partial charge in [0.15, 0.2) is 29.7 Å². The molecule has 1 aliphatic rings. The standard InChI is InChI=1S/C14H17FN5O7P/c1-5(2)11(22)18-14-17-10-8(12(23)19-14)16-4-20(10)13-7(15)9(27-28(24)25)6(3-21)26-13/h4-7,9,13,21H,3H2,1-2H3,(H2-,17,18,19,22,23,24,25)/p+1/t6-,7-,9-,13-/m1/s1. The number of nitrogens with one attached hydrogen (secondary N) is 2. The maximum Gasteiger partial charge on any atom is 0.695 e. The predicted octanol–water partition coefficient (Wildman–Crippen LogP) is -0.0232. The summed E-state index contributed by atoms with van der Waals surface area (Å²) in [5, 5.41) is 11.8. The molecule has 3 rings (SSSR count). The third-order valence-electron chi connectivity index (χ3n) is 4.13. The second-order valence-corrected chi connectivity index (χ2v) is 7.07. The zero-order valence-electron chi connectivity index (χ0n) is 14.8. The van der Waals surface area contributed by atoms with E-state index in [1.54, 1.807) is 13.8 Å². The maximum atomic E-state index is 14.8. The van der Waals surface area contributed by atoms with Gasteiger partial charge >= 0.3 is 8.25 Å². The molecule has 5 atom stereocenters. The second kappa shape index (κ2) is 7.97. The van der Waals surface area contributed by atoms with Gasteiger partial charge < -0.3 is 9.84 Å². The summed E-state index contributed by atoms with van der Waals surface area (Å²) in [4.78, 5) is 43.3. The van der Waals surface area contributed by atoms with Crippen molar-refractivity contribution in [3.8, 4) is 0 Å². The first kappa shape index (κ1) is 20.4.